The number of carbonyl (C=O) groups is 2. The van der Waals surface area contributed by atoms with E-state index in [0.29, 0.717) is 16.4 Å². The molecule has 1 aromatic heterocycles. The van der Waals surface area contributed by atoms with Crippen molar-refractivity contribution in [3.63, 3.8) is 0 Å². The molecule has 2 heterocycles. The molecule has 1 aliphatic heterocycles. The number of rotatable bonds is 8. The van der Waals surface area contributed by atoms with E-state index in [4.69, 9.17) is 16.3 Å². The zero-order chi connectivity index (χ0) is 30.1. The number of anilines is 1. The van der Waals surface area contributed by atoms with E-state index in [0.717, 1.165) is 0 Å². The second-order valence-electron chi connectivity index (χ2n) is 10.3. The van der Waals surface area contributed by atoms with E-state index in [9.17, 15) is 23.1 Å². The van der Waals surface area contributed by atoms with Crippen LogP contribution in [0.15, 0.2) is 53.4 Å². The fraction of sp³-hybridized carbons (Fsp3) is 0.393. The summed E-state index contributed by atoms with van der Waals surface area (Å²) in [6, 6.07) is 11.8. The molecular formula is C28H34ClN5O6S. The number of aryl methyl sites for hydroxylation is 2. The Kier molecular flexibility index (Phi) is 9.07. The van der Waals surface area contributed by atoms with Gasteiger partial charge in [0.2, 0.25) is 10.0 Å². The largest absolute Gasteiger partial charge is 0.486 e. The van der Waals surface area contributed by atoms with E-state index in [-0.39, 0.29) is 53.4 Å². The number of benzene rings is 2. The van der Waals surface area contributed by atoms with E-state index in [2.05, 4.69) is 10.4 Å². The molecule has 0 unspecified atom stereocenters. The molecule has 0 aliphatic carbocycles. The van der Waals surface area contributed by atoms with Crippen LogP contribution in [0.25, 0.3) is 0 Å². The third-order valence-corrected chi connectivity index (χ3v) is 9.22. The number of para-hydroxylation sites is 1. The molecule has 4 rings (SSSR count). The molecule has 2 aromatic carbocycles. The van der Waals surface area contributed by atoms with E-state index in [1.807, 2.05) is 6.92 Å². The van der Waals surface area contributed by atoms with Crippen molar-refractivity contribution in [2.75, 3.05) is 32.1 Å². The zero-order valence-electron chi connectivity index (χ0n) is 23.5. The minimum atomic E-state index is -3.90. The van der Waals surface area contributed by atoms with Crippen LogP contribution in [0.4, 0.5) is 5.69 Å². The summed E-state index contributed by atoms with van der Waals surface area (Å²) < 4.78 is 35.8. The van der Waals surface area contributed by atoms with Gasteiger partial charge in [-0.25, -0.2) is 8.42 Å². The number of sulfonamides is 1. The summed E-state index contributed by atoms with van der Waals surface area (Å²) in [5, 5.41) is 17.4. The normalized spacial score (nSPS) is 18.3. The fourth-order valence-electron chi connectivity index (χ4n) is 4.71. The lowest BCUT2D eigenvalue weighted by Gasteiger charge is -2.38. The van der Waals surface area contributed by atoms with Gasteiger partial charge in [-0.15, -0.1) is 0 Å². The zero-order valence-corrected chi connectivity index (χ0v) is 25.1. The first-order valence-corrected chi connectivity index (χ1v) is 14.9. The number of hydrogen-bond donors (Lipinski definition) is 2. The second kappa shape index (κ2) is 12.2. The monoisotopic (exact) mass is 603 g/mol. The van der Waals surface area contributed by atoms with Gasteiger partial charge < -0.3 is 20.1 Å². The lowest BCUT2D eigenvalue weighted by Crippen LogP contribution is -2.50. The topological polar surface area (TPSA) is 134 Å². The fourth-order valence-corrected chi connectivity index (χ4v) is 6.02. The lowest BCUT2D eigenvalue weighted by molar-refractivity contribution is 0.0388. The van der Waals surface area contributed by atoms with Crippen LogP contribution in [-0.2, 0) is 17.1 Å². The van der Waals surface area contributed by atoms with Crippen LogP contribution in [0.5, 0.6) is 5.75 Å². The summed E-state index contributed by atoms with van der Waals surface area (Å²) in [6.45, 7) is 5.25. The van der Waals surface area contributed by atoms with Crippen molar-refractivity contribution >= 4 is 39.1 Å². The smallest absolute Gasteiger partial charge is 0.274 e. The highest BCUT2D eigenvalue weighted by Crippen LogP contribution is 2.35. The lowest BCUT2D eigenvalue weighted by atomic mass is 9.99. The molecule has 0 bridgehead atoms. The van der Waals surface area contributed by atoms with Crippen molar-refractivity contribution in [2.45, 2.75) is 37.8 Å². The highest BCUT2D eigenvalue weighted by Gasteiger charge is 2.36. The van der Waals surface area contributed by atoms with Gasteiger partial charge in [0.1, 0.15) is 11.8 Å². The highest BCUT2D eigenvalue weighted by molar-refractivity contribution is 7.89. The maximum absolute atomic E-state index is 13.7. The molecule has 2 N–H and O–H groups in total. The van der Waals surface area contributed by atoms with Gasteiger partial charge in [-0.1, -0.05) is 24.6 Å². The van der Waals surface area contributed by atoms with Gasteiger partial charge in [-0.05, 0) is 56.3 Å². The molecule has 2 amide bonds. The molecule has 11 nitrogen and oxygen atoms in total. The van der Waals surface area contributed by atoms with Gasteiger partial charge >= 0.3 is 0 Å². The SMILES string of the molecule is Cc1cc(C(=O)Nc2cccc3c2O[C@H](CN(C)S(=O)(=O)c2ccc(Cl)cc2)[C@H](C)CN([C@@H](C)CO)C3=O)n(C)n1. The number of halogens is 1. The molecule has 13 heteroatoms. The van der Waals surface area contributed by atoms with Crippen LogP contribution < -0.4 is 10.1 Å². The van der Waals surface area contributed by atoms with Crippen molar-refractivity contribution in [1.82, 2.24) is 19.0 Å². The predicted molar refractivity (Wildman–Crippen MR) is 155 cm³/mol. The summed E-state index contributed by atoms with van der Waals surface area (Å²) in [5.74, 6) is -1.06. The number of nitrogens with zero attached hydrogens (tertiary/aromatic N) is 4. The van der Waals surface area contributed by atoms with Crippen LogP contribution >= 0.6 is 11.6 Å². The molecule has 3 atom stereocenters. The van der Waals surface area contributed by atoms with Gasteiger partial charge in [0, 0.05) is 31.6 Å². The molecule has 0 radical (unpaired) electrons. The Morgan fingerprint density at radius 3 is 2.56 bits per heavy atom. The van der Waals surface area contributed by atoms with Gasteiger partial charge in [0.15, 0.2) is 5.75 Å². The molecule has 0 saturated heterocycles. The van der Waals surface area contributed by atoms with Crippen molar-refractivity contribution < 1.29 is 27.9 Å². The van der Waals surface area contributed by atoms with Gasteiger partial charge in [0.05, 0.1) is 41.0 Å². The number of aromatic nitrogens is 2. The van der Waals surface area contributed by atoms with E-state index in [1.54, 1.807) is 50.1 Å². The van der Waals surface area contributed by atoms with Crippen LogP contribution in [0.3, 0.4) is 0 Å². The van der Waals surface area contributed by atoms with Gasteiger partial charge in [0.25, 0.3) is 11.8 Å². The van der Waals surface area contributed by atoms with E-state index >= 15 is 0 Å². The molecule has 1 aliphatic rings. The first-order valence-electron chi connectivity index (χ1n) is 13.1. The number of likely N-dealkylation sites (N-methyl/N-ethyl adjacent to an activating group) is 1. The average Bonchev–Trinajstić information content (AvgIpc) is 3.28. The number of amides is 2. The Labute approximate surface area is 244 Å². The minimum absolute atomic E-state index is 0.0513. The third kappa shape index (κ3) is 6.40. The summed E-state index contributed by atoms with van der Waals surface area (Å²) in [7, 11) is -0.786. The molecular weight excluding hydrogens is 570 g/mol. The number of ether oxygens (including phenoxy) is 1. The first kappa shape index (κ1) is 30.5. The number of aliphatic hydroxyl groups is 1. The Bertz CT molecular complexity index is 1540. The number of fused-ring (bicyclic) bond motifs is 1. The van der Waals surface area contributed by atoms with Crippen LogP contribution in [0.2, 0.25) is 5.02 Å². The quantitative estimate of drug-likeness (QED) is 0.404. The van der Waals surface area contributed by atoms with Crippen LogP contribution in [0.1, 0.15) is 40.4 Å². The van der Waals surface area contributed by atoms with Crippen molar-refractivity contribution in [1.29, 1.82) is 0 Å². The summed E-state index contributed by atoms with van der Waals surface area (Å²) in [6.07, 6.45) is -0.723. The number of hydrogen-bond acceptors (Lipinski definition) is 7. The van der Waals surface area contributed by atoms with Crippen molar-refractivity contribution in [2.24, 2.45) is 13.0 Å². The molecule has 0 fully saturated rings. The summed E-state index contributed by atoms with van der Waals surface area (Å²) >= 11 is 5.95. The maximum atomic E-state index is 13.7. The predicted octanol–water partition coefficient (Wildman–Crippen LogP) is 3.18. The number of carbonyl (C=O) groups excluding carboxylic acids is 2. The number of nitrogens with one attached hydrogen (secondary N) is 1. The second-order valence-corrected chi connectivity index (χ2v) is 12.8. The van der Waals surface area contributed by atoms with Gasteiger partial charge in [-0.3, -0.25) is 14.3 Å². The van der Waals surface area contributed by atoms with Crippen LogP contribution in [0, 0.1) is 12.8 Å². The van der Waals surface area contributed by atoms with Crippen molar-refractivity contribution in [3.05, 3.63) is 70.5 Å². The number of aliphatic hydroxyl groups excluding tert-OH is 1. The minimum Gasteiger partial charge on any atom is -0.486 e. The summed E-state index contributed by atoms with van der Waals surface area (Å²) in [5.41, 5.74) is 1.41. The van der Waals surface area contributed by atoms with Gasteiger partial charge in [-0.2, -0.15) is 9.40 Å². The maximum Gasteiger partial charge on any atom is 0.274 e. The van der Waals surface area contributed by atoms with Crippen molar-refractivity contribution in [3.8, 4) is 5.75 Å². The first-order chi connectivity index (χ1) is 19.3. The Morgan fingerprint density at radius 2 is 1.95 bits per heavy atom. The molecule has 0 spiro atoms. The van der Waals surface area contributed by atoms with Crippen LogP contribution in [-0.4, -0.2) is 83.2 Å². The highest BCUT2D eigenvalue weighted by atomic mass is 35.5. The molecule has 0 saturated carbocycles. The third-order valence-electron chi connectivity index (χ3n) is 7.13. The Hall–Kier alpha value is -3.45. The average molecular weight is 604 g/mol. The molecule has 41 heavy (non-hydrogen) atoms. The molecule has 3 aromatic rings. The Morgan fingerprint density at radius 1 is 1.27 bits per heavy atom. The summed E-state index contributed by atoms with van der Waals surface area (Å²) in [4.78, 5) is 28.5. The standard InChI is InChI=1S/C28H34ClN5O6S/c1-17-14-34(19(3)16-35)28(37)22-7-6-8-23(30-27(36)24-13-18(2)31-33(24)5)26(22)40-25(17)15-32(4)41(38,39)21-11-9-20(29)10-12-21/h6-13,17,19,25,35H,14-16H2,1-5H3,(H,30,36)/t17-,19+,25-/m1/s1. The molecule has 220 valence electrons. The Balaban J connectivity index is 1.73. The van der Waals surface area contributed by atoms with E-state index < -0.39 is 28.1 Å². The van der Waals surface area contributed by atoms with E-state index in [1.165, 1.54) is 40.3 Å².